The molecule has 1 aromatic heterocycles. The predicted molar refractivity (Wildman–Crippen MR) is 97.1 cm³/mol. The number of hydrogen-bond acceptors (Lipinski definition) is 3. The summed E-state index contributed by atoms with van der Waals surface area (Å²) >= 11 is 0. The Labute approximate surface area is 146 Å². The van der Waals surface area contributed by atoms with Crippen LogP contribution in [-0.4, -0.2) is 28.1 Å². The largest absolute Gasteiger partial charge is 0.507 e. The molecule has 1 atom stereocenters. The standard InChI is InChI=1S/C21H21FN2O/c22-17-7-4-15(5-8-17)20(24-12-2-1-3-13-24)19-9-6-16-14-23-11-10-18(16)21(19)25/h4-11,14,20,25H,1-3,12-13H2. The number of benzene rings is 2. The average molecular weight is 336 g/mol. The number of nitrogens with zero attached hydrogens (tertiary/aromatic N) is 2. The van der Waals surface area contributed by atoms with Crippen LogP contribution >= 0.6 is 0 Å². The molecular weight excluding hydrogens is 315 g/mol. The zero-order valence-corrected chi connectivity index (χ0v) is 14.0. The van der Waals surface area contributed by atoms with Gasteiger partial charge in [0, 0.05) is 28.7 Å². The summed E-state index contributed by atoms with van der Waals surface area (Å²) in [6, 6.07) is 12.4. The highest BCUT2D eigenvalue weighted by Gasteiger charge is 2.26. The van der Waals surface area contributed by atoms with Crippen LogP contribution in [-0.2, 0) is 0 Å². The molecule has 0 spiro atoms. The minimum absolute atomic E-state index is 0.0709. The smallest absolute Gasteiger partial charge is 0.128 e. The van der Waals surface area contributed by atoms with Gasteiger partial charge >= 0.3 is 0 Å². The highest BCUT2D eigenvalue weighted by molar-refractivity contribution is 5.88. The molecule has 0 bridgehead atoms. The quantitative estimate of drug-likeness (QED) is 0.756. The Kier molecular flexibility index (Phi) is 4.36. The van der Waals surface area contributed by atoms with Gasteiger partial charge in [-0.25, -0.2) is 4.39 Å². The molecule has 1 aliphatic rings. The second-order valence-electron chi connectivity index (χ2n) is 6.65. The van der Waals surface area contributed by atoms with E-state index in [1.807, 2.05) is 30.3 Å². The second-order valence-corrected chi connectivity index (χ2v) is 6.65. The molecule has 1 unspecified atom stereocenters. The van der Waals surface area contributed by atoms with Crippen molar-refractivity contribution in [3.05, 3.63) is 71.8 Å². The van der Waals surface area contributed by atoms with E-state index in [-0.39, 0.29) is 11.9 Å². The lowest BCUT2D eigenvalue weighted by Crippen LogP contribution is -2.34. The Morgan fingerprint density at radius 2 is 1.72 bits per heavy atom. The van der Waals surface area contributed by atoms with E-state index in [4.69, 9.17) is 0 Å². The van der Waals surface area contributed by atoms with Crippen molar-refractivity contribution in [3.63, 3.8) is 0 Å². The molecule has 128 valence electrons. The first-order valence-corrected chi connectivity index (χ1v) is 8.79. The van der Waals surface area contributed by atoms with E-state index in [1.54, 1.807) is 12.4 Å². The lowest BCUT2D eigenvalue weighted by Gasteiger charge is -2.35. The third kappa shape index (κ3) is 3.10. The molecule has 1 saturated heterocycles. The van der Waals surface area contributed by atoms with Crippen molar-refractivity contribution in [3.8, 4) is 5.75 Å². The molecule has 2 aromatic carbocycles. The minimum Gasteiger partial charge on any atom is -0.507 e. The monoisotopic (exact) mass is 336 g/mol. The van der Waals surface area contributed by atoms with Crippen LogP contribution in [0.1, 0.15) is 36.4 Å². The topological polar surface area (TPSA) is 36.4 Å². The molecule has 1 N–H and O–H groups in total. The first kappa shape index (κ1) is 16.0. The van der Waals surface area contributed by atoms with Crippen molar-refractivity contribution in [2.24, 2.45) is 0 Å². The third-order valence-corrected chi connectivity index (χ3v) is 5.06. The van der Waals surface area contributed by atoms with E-state index < -0.39 is 0 Å². The first-order chi connectivity index (χ1) is 12.2. The fourth-order valence-corrected chi connectivity index (χ4v) is 3.80. The number of aromatic nitrogens is 1. The van der Waals surface area contributed by atoms with Crippen LogP contribution in [0.3, 0.4) is 0 Å². The molecule has 4 heteroatoms. The van der Waals surface area contributed by atoms with Gasteiger partial charge in [0.1, 0.15) is 11.6 Å². The summed E-state index contributed by atoms with van der Waals surface area (Å²) in [5.74, 6) is 0.0507. The Morgan fingerprint density at radius 1 is 0.960 bits per heavy atom. The molecule has 1 fully saturated rings. The number of rotatable bonds is 3. The molecule has 3 aromatic rings. The van der Waals surface area contributed by atoms with Crippen molar-refractivity contribution in [2.75, 3.05) is 13.1 Å². The number of likely N-dealkylation sites (tertiary alicyclic amines) is 1. The van der Waals surface area contributed by atoms with Gasteiger partial charge in [0.2, 0.25) is 0 Å². The van der Waals surface area contributed by atoms with E-state index in [0.717, 1.165) is 47.8 Å². The summed E-state index contributed by atoms with van der Waals surface area (Å²) < 4.78 is 13.4. The Bertz CT molecular complexity index is 873. The van der Waals surface area contributed by atoms with Crippen LogP contribution in [0, 0.1) is 5.82 Å². The average Bonchev–Trinajstić information content (AvgIpc) is 2.66. The van der Waals surface area contributed by atoms with Crippen molar-refractivity contribution in [1.82, 2.24) is 9.88 Å². The Balaban J connectivity index is 1.85. The fourth-order valence-electron chi connectivity index (χ4n) is 3.80. The normalized spacial score (nSPS) is 16.8. The highest BCUT2D eigenvalue weighted by atomic mass is 19.1. The van der Waals surface area contributed by atoms with E-state index in [1.165, 1.54) is 18.6 Å². The van der Waals surface area contributed by atoms with E-state index in [0.29, 0.717) is 5.75 Å². The van der Waals surface area contributed by atoms with E-state index in [9.17, 15) is 9.50 Å². The van der Waals surface area contributed by atoms with Crippen LogP contribution in [0.5, 0.6) is 5.75 Å². The zero-order valence-electron chi connectivity index (χ0n) is 14.0. The SMILES string of the molecule is Oc1c(C(c2ccc(F)cc2)N2CCCCC2)ccc2cnccc12. The fraction of sp³-hybridized carbons (Fsp3) is 0.286. The van der Waals surface area contributed by atoms with Crippen molar-refractivity contribution in [2.45, 2.75) is 25.3 Å². The third-order valence-electron chi connectivity index (χ3n) is 5.06. The first-order valence-electron chi connectivity index (χ1n) is 8.79. The van der Waals surface area contributed by atoms with Crippen molar-refractivity contribution >= 4 is 10.8 Å². The molecular formula is C21H21FN2O. The molecule has 0 amide bonds. The number of phenols is 1. The summed E-state index contributed by atoms with van der Waals surface area (Å²) in [6.07, 6.45) is 6.99. The maximum Gasteiger partial charge on any atom is 0.128 e. The second kappa shape index (κ2) is 6.81. The number of phenolic OH excluding ortho intramolecular Hbond substituents is 1. The maximum absolute atomic E-state index is 13.4. The van der Waals surface area contributed by atoms with Gasteiger partial charge in [-0.3, -0.25) is 9.88 Å². The van der Waals surface area contributed by atoms with Crippen molar-refractivity contribution in [1.29, 1.82) is 0 Å². The van der Waals surface area contributed by atoms with Gasteiger partial charge < -0.3 is 5.11 Å². The molecule has 0 saturated carbocycles. The number of halogens is 1. The van der Waals surface area contributed by atoms with Gasteiger partial charge in [-0.2, -0.15) is 0 Å². The molecule has 25 heavy (non-hydrogen) atoms. The van der Waals surface area contributed by atoms with Gasteiger partial charge in [-0.1, -0.05) is 30.7 Å². The number of hydrogen-bond donors (Lipinski definition) is 1. The van der Waals surface area contributed by atoms with Gasteiger partial charge in [0.25, 0.3) is 0 Å². The molecule has 0 radical (unpaired) electrons. The van der Waals surface area contributed by atoms with Gasteiger partial charge in [-0.15, -0.1) is 0 Å². The summed E-state index contributed by atoms with van der Waals surface area (Å²) in [6.45, 7) is 1.96. The molecule has 1 aliphatic heterocycles. The maximum atomic E-state index is 13.4. The summed E-state index contributed by atoms with van der Waals surface area (Å²) in [7, 11) is 0. The summed E-state index contributed by atoms with van der Waals surface area (Å²) in [4.78, 5) is 6.51. The lowest BCUT2D eigenvalue weighted by molar-refractivity contribution is 0.185. The Hall–Kier alpha value is -2.46. The predicted octanol–water partition coefficient (Wildman–Crippen LogP) is 4.65. The Morgan fingerprint density at radius 3 is 2.48 bits per heavy atom. The highest BCUT2D eigenvalue weighted by Crippen LogP contribution is 2.39. The summed E-state index contributed by atoms with van der Waals surface area (Å²) in [5.41, 5.74) is 1.87. The minimum atomic E-state index is -0.241. The van der Waals surface area contributed by atoms with Gasteiger partial charge in [0.15, 0.2) is 0 Å². The number of pyridine rings is 1. The van der Waals surface area contributed by atoms with Crippen LogP contribution in [0.25, 0.3) is 10.8 Å². The zero-order chi connectivity index (χ0) is 17.2. The van der Waals surface area contributed by atoms with Crippen molar-refractivity contribution < 1.29 is 9.50 Å². The molecule has 2 heterocycles. The number of aromatic hydroxyl groups is 1. The number of piperidine rings is 1. The number of fused-ring (bicyclic) bond motifs is 1. The van der Waals surface area contributed by atoms with Crippen LogP contribution < -0.4 is 0 Å². The van der Waals surface area contributed by atoms with Crippen LogP contribution in [0.15, 0.2) is 54.9 Å². The lowest BCUT2D eigenvalue weighted by atomic mass is 9.92. The van der Waals surface area contributed by atoms with Crippen LogP contribution in [0.4, 0.5) is 4.39 Å². The van der Waals surface area contributed by atoms with Gasteiger partial charge in [0.05, 0.1) is 6.04 Å². The summed E-state index contributed by atoms with van der Waals surface area (Å²) in [5, 5.41) is 12.7. The van der Waals surface area contributed by atoms with Crippen LogP contribution in [0.2, 0.25) is 0 Å². The van der Waals surface area contributed by atoms with E-state index in [2.05, 4.69) is 9.88 Å². The van der Waals surface area contributed by atoms with E-state index >= 15 is 0 Å². The molecule has 3 nitrogen and oxygen atoms in total. The molecule has 4 rings (SSSR count). The molecule has 0 aliphatic carbocycles. The van der Waals surface area contributed by atoms with Gasteiger partial charge in [-0.05, 0) is 49.7 Å².